The van der Waals surface area contributed by atoms with Crippen molar-refractivity contribution in [3.8, 4) is 11.4 Å². The summed E-state index contributed by atoms with van der Waals surface area (Å²) < 4.78 is 17.9. The molecule has 1 aromatic carbocycles. The highest BCUT2D eigenvalue weighted by molar-refractivity contribution is 8.00. The van der Waals surface area contributed by atoms with Crippen molar-refractivity contribution >= 4 is 45.9 Å². The normalized spacial score (nSPS) is 13.2. The number of thioether (sulfide) groups is 1. The molecule has 226 valence electrons. The fraction of sp³-hybridized carbons (Fsp3) is 0.367. The van der Waals surface area contributed by atoms with Gasteiger partial charge >= 0.3 is 5.97 Å². The molecule has 0 aliphatic heterocycles. The molecule has 3 heterocycles. The third kappa shape index (κ3) is 6.94. The highest BCUT2D eigenvalue weighted by atomic mass is 32.2. The van der Waals surface area contributed by atoms with E-state index >= 15 is 0 Å². The molecule has 1 atom stereocenters. The number of thiophene rings is 1. The standard InChI is InChI=1S/C30H33N5O6S2/c1-4-39-20-14-12-19(13-15-20)35-24(17-31-27(37)22-10-8-16-41-22)33-34-30(35)42-18(3)26(36)32-28-25(29(38)40-5-2)21-9-6-7-11-23(21)43-28/h8,10,12-16,18H,4-7,9,11,17H2,1-3H3,(H,31,37)(H,32,36)/t18-/m1/s1. The number of aryl methyl sites for hydroxylation is 1. The summed E-state index contributed by atoms with van der Waals surface area (Å²) in [6, 6.07) is 10.6. The molecule has 2 amide bonds. The van der Waals surface area contributed by atoms with Gasteiger partial charge in [-0.25, -0.2) is 4.79 Å². The van der Waals surface area contributed by atoms with Crippen LogP contribution in [0.5, 0.6) is 5.75 Å². The molecule has 0 saturated heterocycles. The number of anilines is 1. The maximum atomic E-state index is 13.5. The van der Waals surface area contributed by atoms with E-state index in [1.54, 1.807) is 30.5 Å². The van der Waals surface area contributed by atoms with E-state index < -0.39 is 11.2 Å². The molecule has 0 unspecified atom stereocenters. The number of aromatic nitrogens is 3. The van der Waals surface area contributed by atoms with Crippen molar-refractivity contribution < 1.29 is 28.3 Å². The zero-order chi connectivity index (χ0) is 30.3. The molecule has 0 radical (unpaired) electrons. The van der Waals surface area contributed by atoms with Crippen molar-refractivity contribution in [3.63, 3.8) is 0 Å². The van der Waals surface area contributed by atoms with Crippen molar-refractivity contribution in [3.05, 3.63) is 70.3 Å². The first-order chi connectivity index (χ1) is 20.9. The Morgan fingerprint density at radius 1 is 1.09 bits per heavy atom. The Hall–Kier alpha value is -4.10. The van der Waals surface area contributed by atoms with Crippen molar-refractivity contribution in [2.24, 2.45) is 0 Å². The number of carbonyl (C=O) groups excluding carboxylic acids is 3. The van der Waals surface area contributed by atoms with E-state index in [2.05, 4.69) is 20.8 Å². The number of hydrogen-bond acceptors (Lipinski definition) is 10. The fourth-order valence-electron chi connectivity index (χ4n) is 4.76. The number of rotatable bonds is 12. The van der Waals surface area contributed by atoms with Crippen LogP contribution in [0.3, 0.4) is 0 Å². The topological polar surface area (TPSA) is 138 Å². The largest absolute Gasteiger partial charge is 0.494 e. The van der Waals surface area contributed by atoms with Crippen LogP contribution in [0.15, 0.2) is 52.2 Å². The molecule has 1 aliphatic carbocycles. The maximum Gasteiger partial charge on any atom is 0.341 e. The van der Waals surface area contributed by atoms with Gasteiger partial charge in [0.05, 0.1) is 36.8 Å². The third-order valence-electron chi connectivity index (χ3n) is 6.80. The van der Waals surface area contributed by atoms with Gasteiger partial charge in [0, 0.05) is 10.6 Å². The molecule has 5 rings (SSSR count). The van der Waals surface area contributed by atoms with Gasteiger partial charge in [-0.1, -0.05) is 11.8 Å². The number of hydrogen-bond donors (Lipinski definition) is 2. The minimum Gasteiger partial charge on any atom is -0.494 e. The van der Waals surface area contributed by atoms with E-state index in [1.807, 2.05) is 31.2 Å². The zero-order valence-corrected chi connectivity index (χ0v) is 25.8. The molecule has 0 fully saturated rings. The molecule has 0 spiro atoms. The molecule has 13 heteroatoms. The summed E-state index contributed by atoms with van der Waals surface area (Å²) in [4.78, 5) is 40.0. The van der Waals surface area contributed by atoms with E-state index in [9.17, 15) is 14.4 Å². The van der Waals surface area contributed by atoms with Crippen LogP contribution < -0.4 is 15.4 Å². The summed E-state index contributed by atoms with van der Waals surface area (Å²) in [6.45, 7) is 6.32. The number of esters is 1. The first-order valence-corrected chi connectivity index (χ1v) is 15.9. The van der Waals surface area contributed by atoms with Crippen LogP contribution in [0.25, 0.3) is 5.69 Å². The van der Waals surface area contributed by atoms with Crippen LogP contribution >= 0.6 is 23.1 Å². The summed E-state index contributed by atoms with van der Waals surface area (Å²) >= 11 is 2.67. The van der Waals surface area contributed by atoms with Gasteiger partial charge in [0.1, 0.15) is 10.8 Å². The van der Waals surface area contributed by atoms with Crippen LogP contribution in [0.4, 0.5) is 5.00 Å². The van der Waals surface area contributed by atoms with Gasteiger partial charge in [-0.2, -0.15) is 0 Å². The lowest BCUT2D eigenvalue weighted by Gasteiger charge is -2.15. The van der Waals surface area contributed by atoms with Gasteiger partial charge in [-0.3, -0.25) is 14.2 Å². The SMILES string of the molecule is CCOC(=O)c1c(NC(=O)[C@@H](C)Sc2nnc(CNC(=O)c3ccco3)n2-c2ccc(OCC)cc2)sc2c1CCCC2. The zero-order valence-electron chi connectivity index (χ0n) is 24.2. The minimum atomic E-state index is -0.592. The predicted molar refractivity (Wildman–Crippen MR) is 163 cm³/mol. The van der Waals surface area contributed by atoms with Crippen molar-refractivity contribution in [1.82, 2.24) is 20.1 Å². The van der Waals surface area contributed by atoms with Gasteiger partial charge < -0.3 is 24.5 Å². The lowest BCUT2D eigenvalue weighted by molar-refractivity contribution is -0.115. The van der Waals surface area contributed by atoms with E-state index in [4.69, 9.17) is 13.9 Å². The number of carbonyl (C=O) groups is 3. The average molecular weight is 624 g/mol. The van der Waals surface area contributed by atoms with Crippen LogP contribution in [-0.4, -0.2) is 51.0 Å². The average Bonchev–Trinajstić information content (AvgIpc) is 3.76. The van der Waals surface area contributed by atoms with Gasteiger partial charge in [0.2, 0.25) is 5.91 Å². The first kappa shape index (κ1) is 30.4. The number of furan rings is 1. The highest BCUT2D eigenvalue weighted by Crippen LogP contribution is 2.39. The van der Waals surface area contributed by atoms with Gasteiger partial charge in [0.25, 0.3) is 5.91 Å². The molecule has 2 N–H and O–H groups in total. The van der Waals surface area contributed by atoms with Crippen molar-refractivity contribution in [2.45, 2.75) is 63.4 Å². The number of ether oxygens (including phenoxy) is 2. The Bertz CT molecular complexity index is 1580. The Morgan fingerprint density at radius 3 is 2.60 bits per heavy atom. The Kier molecular flexibility index (Phi) is 9.82. The number of nitrogens with one attached hydrogen (secondary N) is 2. The fourth-order valence-corrected chi connectivity index (χ4v) is 6.93. The summed E-state index contributed by atoms with van der Waals surface area (Å²) in [6.07, 6.45) is 5.17. The Balaban J connectivity index is 1.37. The van der Waals surface area contributed by atoms with Crippen molar-refractivity contribution in [2.75, 3.05) is 18.5 Å². The second-order valence-electron chi connectivity index (χ2n) is 9.71. The molecular weight excluding hydrogens is 590 g/mol. The van der Waals surface area contributed by atoms with E-state index in [-0.39, 0.29) is 30.7 Å². The molecule has 3 aromatic heterocycles. The quantitative estimate of drug-likeness (QED) is 0.156. The highest BCUT2D eigenvalue weighted by Gasteiger charge is 2.29. The van der Waals surface area contributed by atoms with Crippen LogP contribution in [-0.2, 0) is 28.9 Å². The smallest absolute Gasteiger partial charge is 0.341 e. The Morgan fingerprint density at radius 2 is 1.88 bits per heavy atom. The van der Waals surface area contributed by atoms with Crippen LogP contribution in [0.1, 0.15) is 70.8 Å². The van der Waals surface area contributed by atoms with Crippen LogP contribution in [0, 0.1) is 0 Å². The number of amides is 2. The summed E-state index contributed by atoms with van der Waals surface area (Å²) in [5.74, 6) is 0.297. The lowest BCUT2D eigenvalue weighted by Crippen LogP contribution is -2.25. The van der Waals surface area contributed by atoms with Gasteiger partial charge in [0.15, 0.2) is 16.7 Å². The number of nitrogens with zero attached hydrogens (tertiary/aromatic N) is 3. The van der Waals surface area contributed by atoms with E-state index in [1.165, 1.54) is 29.4 Å². The molecule has 4 aromatic rings. The predicted octanol–water partition coefficient (Wildman–Crippen LogP) is 5.43. The van der Waals surface area contributed by atoms with E-state index in [0.717, 1.165) is 41.8 Å². The van der Waals surface area contributed by atoms with Crippen LogP contribution in [0.2, 0.25) is 0 Å². The first-order valence-electron chi connectivity index (χ1n) is 14.2. The molecule has 43 heavy (non-hydrogen) atoms. The summed E-state index contributed by atoms with van der Waals surface area (Å²) in [7, 11) is 0. The second kappa shape index (κ2) is 13.9. The summed E-state index contributed by atoms with van der Waals surface area (Å²) in [5, 5.41) is 14.9. The van der Waals surface area contributed by atoms with E-state index in [0.29, 0.717) is 33.9 Å². The Labute approximate surface area is 257 Å². The molecule has 0 saturated carbocycles. The second-order valence-corrected chi connectivity index (χ2v) is 12.1. The van der Waals surface area contributed by atoms with Gasteiger partial charge in [-0.05, 0) is 88.4 Å². The minimum absolute atomic E-state index is 0.0739. The monoisotopic (exact) mass is 623 g/mol. The molecule has 11 nitrogen and oxygen atoms in total. The summed E-state index contributed by atoms with van der Waals surface area (Å²) in [5.41, 5.74) is 2.20. The third-order valence-corrected chi connectivity index (χ3v) is 9.05. The lowest BCUT2D eigenvalue weighted by atomic mass is 9.95. The molecular formula is C30H33N5O6S2. The molecule has 1 aliphatic rings. The van der Waals surface area contributed by atoms with Crippen molar-refractivity contribution in [1.29, 1.82) is 0 Å². The maximum absolute atomic E-state index is 13.5. The van der Waals surface area contributed by atoms with Gasteiger partial charge in [-0.15, -0.1) is 21.5 Å². The number of benzene rings is 1. The molecule has 0 bridgehead atoms. The number of fused-ring (bicyclic) bond motifs is 1.